The summed E-state index contributed by atoms with van der Waals surface area (Å²) in [5.74, 6) is 2.17. The molecule has 8 heteroatoms. The van der Waals surface area contributed by atoms with Gasteiger partial charge in [0.05, 0.1) is 20.2 Å². The molecule has 1 unspecified atom stereocenters. The molecule has 0 aromatic heterocycles. The predicted octanol–water partition coefficient (Wildman–Crippen LogP) is 2.85. The fraction of sp³-hybridized carbons (Fsp3) is 0.600. The number of nitrogens with one attached hydrogen (secondary N) is 1. The van der Waals surface area contributed by atoms with Gasteiger partial charge in [-0.25, -0.2) is 4.99 Å². The summed E-state index contributed by atoms with van der Waals surface area (Å²) < 4.78 is 11.3. The van der Waals surface area contributed by atoms with E-state index in [9.17, 15) is 4.79 Å². The summed E-state index contributed by atoms with van der Waals surface area (Å²) in [4.78, 5) is 20.6. The number of hydrogen-bond donors (Lipinski definition) is 1. The third-order valence-corrected chi connectivity index (χ3v) is 4.08. The zero-order valence-corrected chi connectivity index (χ0v) is 20.2. The van der Waals surface area contributed by atoms with Crippen LogP contribution in [0.3, 0.4) is 0 Å². The summed E-state index contributed by atoms with van der Waals surface area (Å²) in [6, 6.07) is 7.55. The fourth-order valence-corrected chi connectivity index (χ4v) is 2.61. The van der Waals surface area contributed by atoms with E-state index >= 15 is 0 Å². The molecule has 28 heavy (non-hydrogen) atoms. The van der Waals surface area contributed by atoms with Crippen LogP contribution in [0.15, 0.2) is 29.3 Å². The van der Waals surface area contributed by atoms with E-state index in [2.05, 4.69) is 10.3 Å². The SMILES string of the molecule is CCNC(=NCC(C)Oc1ccccc1OC)N(C)CC(=O)N(CC)CC.I. The minimum absolute atomic E-state index is 0. The van der Waals surface area contributed by atoms with Gasteiger partial charge in [-0.05, 0) is 39.8 Å². The van der Waals surface area contributed by atoms with Gasteiger partial charge in [-0.3, -0.25) is 4.79 Å². The first-order valence-corrected chi connectivity index (χ1v) is 9.53. The molecule has 7 nitrogen and oxygen atoms in total. The van der Waals surface area contributed by atoms with Crippen molar-refractivity contribution in [3.8, 4) is 11.5 Å². The number of ether oxygens (including phenoxy) is 2. The number of benzene rings is 1. The third kappa shape index (κ3) is 8.53. The first-order chi connectivity index (χ1) is 13.0. The standard InChI is InChI=1S/C20H34N4O3.HI/c1-7-21-20(23(5)15-19(25)24(8-2)9-3)22-14-16(4)27-18-13-11-10-12-17(18)26-6;/h10-13,16H,7-9,14-15H2,1-6H3,(H,21,22);1H. The van der Waals surface area contributed by atoms with Crippen LogP contribution in [0.25, 0.3) is 0 Å². The van der Waals surface area contributed by atoms with Gasteiger partial charge in [0.1, 0.15) is 6.10 Å². The monoisotopic (exact) mass is 506 g/mol. The molecule has 0 aliphatic carbocycles. The van der Waals surface area contributed by atoms with Crippen molar-refractivity contribution in [3.63, 3.8) is 0 Å². The molecule has 1 rings (SSSR count). The second kappa shape index (κ2) is 14.3. The predicted molar refractivity (Wildman–Crippen MR) is 125 cm³/mol. The molecule has 0 saturated heterocycles. The van der Waals surface area contributed by atoms with Crippen LogP contribution in [0.5, 0.6) is 11.5 Å². The van der Waals surface area contributed by atoms with E-state index < -0.39 is 0 Å². The van der Waals surface area contributed by atoms with Crippen molar-refractivity contribution in [1.29, 1.82) is 0 Å². The molecule has 0 aliphatic heterocycles. The smallest absolute Gasteiger partial charge is 0.242 e. The van der Waals surface area contributed by atoms with E-state index in [0.717, 1.165) is 6.54 Å². The molecule has 0 saturated carbocycles. The minimum atomic E-state index is -0.137. The number of para-hydroxylation sites is 2. The number of aliphatic imine (C=N–C) groups is 1. The van der Waals surface area contributed by atoms with Gasteiger partial charge in [-0.1, -0.05) is 12.1 Å². The molecule has 160 valence electrons. The van der Waals surface area contributed by atoms with Crippen LogP contribution in [0, 0.1) is 0 Å². The van der Waals surface area contributed by atoms with E-state index in [1.807, 2.05) is 68.8 Å². The molecule has 0 bridgehead atoms. The Kier molecular flexibility index (Phi) is 13.4. The van der Waals surface area contributed by atoms with Crippen molar-refractivity contribution in [3.05, 3.63) is 24.3 Å². The average Bonchev–Trinajstić information content (AvgIpc) is 2.66. The van der Waals surface area contributed by atoms with Crippen LogP contribution >= 0.6 is 24.0 Å². The lowest BCUT2D eigenvalue weighted by molar-refractivity contribution is -0.131. The molecule has 1 atom stereocenters. The number of carbonyl (C=O) groups excluding carboxylic acids is 1. The topological polar surface area (TPSA) is 66.4 Å². The van der Waals surface area contributed by atoms with Crippen molar-refractivity contribution in [2.45, 2.75) is 33.8 Å². The van der Waals surface area contributed by atoms with Crippen LogP contribution in [0.4, 0.5) is 0 Å². The highest BCUT2D eigenvalue weighted by atomic mass is 127. The second-order valence-corrected chi connectivity index (χ2v) is 6.20. The van der Waals surface area contributed by atoms with Crippen LogP contribution in [0.1, 0.15) is 27.7 Å². The van der Waals surface area contributed by atoms with Crippen molar-refractivity contribution >= 4 is 35.8 Å². The Hall–Kier alpha value is -1.71. The molecule has 1 aromatic carbocycles. The van der Waals surface area contributed by atoms with Gasteiger partial charge in [0, 0.05) is 26.7 Å². The Morgan fingerprint density at radius 3 is 2.32 bits per heavy atom. The molecule has 0 radical (unpaired) electrons. The molecule has 1 N–H and O–H groups in total. The van der Waals surface area contributed by atoms with E-state index in [4.69, 9.17) is 9.47 Å². The highest BCUT2D eigenvalue weighted by molar-refractivity contribution is 14.0. The Morgan fingerprint density at radius 1 is 1.18 bits per heavy atom. The van der Waals surface area contributed by atoms with Gasteiger partial charge in [0.25, 0.3) is 0 Å². The summed E-state index contributed by atoms with van der Waals surface area (Å²) in [6.45, 7) is 10.8. The molecule has 1 aromatic rings. The van der Waals surface area contributed by atoms with Crippen molar-refractivity contribution < 1.29 is 14.3 Å². The van der Waals surface area contributed by atoms with Gasteiger partial charge >= 0.3 is 0 Å². The summed E-state index contributed by atoms with van der Waals surface area (Å²) in [7, 11) is 3.49. The first kappa shape index (κ1) is 26.3. The Labute approximate surface area is 186 Å². The number of rotatable bonds is 10. The van der Waals surface area contributed by atoms with Gasteiger partial charge < -0.3 is 24.6 Å². The summed E-state index contributed by atoms with van der Waals surface area (Å²) in [6.07, 6.45) is -0.137. The minimum Gasteiger partial charge on any atom is -0.493 e. The average molecular weight is 506 g/mol. The summed E-state index contributed by atoms with van der Waals surface area (Å²) in [5, 5.41) is 3.23. The van der Waals surface area contributed by atoms with E-state index in [1.165, 1.54) is 0 Å². The van der Waals surface area contributed by atoms with Crippen LogP contribution in [0.2, 0.25) is 0 Å². The highest BCUT2D eigenvalue weighted by Crippen LogP contribution is 2.26. The van der Waals surface area contributed by atoms with E-state index in [-0.39, 0.29) is 42.5 Å². The fourth-order valence-electron chi connectivity index (χ4n) is 2.61. The van der Waals surface area contributed by atoms with Gasteiger partial charge in [0.2, 0.25) is 5.91 Å². The number of nitrogens with zero attached hydrogens (tertiary/aromatic N) is 3. The summed E-state index contributed by atoms with van der Waals surface area (Å²) in [5.41, 5.74) is 0. The Bertz CT molecular complexity index is 609. The van der Waals surface area contributed by atoms with Crippen LogP contribution < -0.4 is 14.8 Å². The first-order valence-electron chi connectivity index (χ1n) is 9.53. The van der Waals surface area contributed by atoms with Crippen molar-refractivity contribution in [1.82, 2.24) is 15.1 Å². The molecule has 0 fully saturated rings. The van der Waals surface area contributed by atoms with Gasteiger partial charge in [-0.15, -0.1) is 24.0 Å². The number of halogens is 1. The Balaban J connectivity index is 0.00000729. The zero-order valence-electron chi connectivity index (χ0n) is 17.9. The maximum absolute atomic E-state index is 12.3. The van der Waals surface area contributed by atoms with Gasteiger partial charge in [0.15, 0.2) is 17.5 Å². The van der Waals surface area contributed by atoms with E-state index in [1.54, 1.807) is 7.11 Å². The van der Waals surface area contributed by atoms with Crippen LogP contribution in [-0.2, 0) is 4.79 Å². The zero-order chi connectivity index (χ0) is 20.2. The molecule has 1 amide bonds. The normalized spacial score (nSPS) is 11.9. The number of carbonyl (C=O) groups is 1. The maximum atomic E-state index is 12.3. The summed E-state index contributed by atoms with van der Waals surface area (Å²) >= 11 is 0. The lowest BCUT2D eigenvalue weighted by atomic mass is 10.3. The maximum Gasteiger partial charge on any atom is 0.242 e. The van der Waals surface area contributed by atoms with E-state index in [0.29, 0.717) is 37.1 Å². The second-order valence-electron chi connectivity index (χ2n) is 6.20. The third-order valence-electron chi connectivity index (χ3n) is 4.08. The van der Waals surface area contributed by atoms with Crippen LogP contribution in [-0.4, -0.2) is 74.7 Å². The number of guanidine groups is 1. The lowest BCUT2D eigenvalue weighted by Gasteiger charge is -2.26. The lowest BCUT2D eigenvalue weighted by Crippen LogP contribution is -2.46. The number of likely N-dealkylation sites (N-methyl/N-ethyl adjacent to an activating group) is 2. The number of methoxy groups -OCH3 is 1. The number of hydrogen-bond acceptors (Lipinski definition) is 4. The quantitative estimate of drug-likeness (QED) is 0.301. The molecule has 0 aliphatic rings. The highest BCUT2D eigenvalue weighted by Gasteiger charge is 2.15. The molecular weight excluding hydrogens is 471 g/mol. The largest absolute Gasteiger partial charge is 0.493 e. The molecule has 0 heterocycles. The molecular formula is C20H35IN4O3. The Morgan fingerprint density at radius 2 is 1.79 bits per heavy atom. The van der Waals surface area contributed by atoms with Crippen molar-refractivity contribution in [2.75, 3.05) is 46.9 Å². The number of amides is 1. The molecule has 0 spiro atoms. The van der Waals surface area contributed by atoms with Gasteiger partial charge in [-0.2, -0.15) is 0 Å². The van der Waals surface area contributed by atoms with Crippen molar-refractivity contribution in [2.24, 2.45) is 4.99 Å².